The predicted octanol–water partition coefficient (Wildman–Crippen LogP) is 2.22. The van der Waals surface area contributed by atoms with E-state index >= 15 is 0 Å². The maximum absolute atomic E-state index is 11.5. The number of hydrogen-bond acceptors (Lipinski definition) is 2. The van der Waals surface area contributed by atoms with Crippen molar-refractivity contribution in [2.24, 2.45) is 5.73 Å². The first-order chi connectivity index (χ1) is 7.00. The van der Waals surface area contributed by atoms with Crippen molar-refractivity contribution in [2.75, 3.05) is 0 Å². The van der Waals surface area contributed by atoms with Crippen molar-refractivity contribution in [2.45, 2.75) is 0 Å². The van der Waals surface area contributed by atoms with E-state index in [1.807, 2.05) is 0 Å². The number of hydrogen-bond donors (Lipinski definition) is 1. The molecule has 5 heteroatoms. The number of allylic oxidation sites excluding steroid dienone is 1. The summed E-state index contributed by atoms with van der Waals surface area (Å²) >= 11 is 11.4. The summed E-state index contributed by atoms with van der Waals surface area (Å²) < 4.78 is 0. The molecule has 0 aromatic heterocycles. The fourth-order valence-corrected chi connectivity index (χ4v) is 1.44. The van der Waals surface area contributed by atoms with E-state index in [2.05, 4.69) is 0 Å². The molecule has 0 spiro atoms. The summed E-state index contributed by atoms with van der Waals surface area (Å²) in [5, 5.41) is 0.678. The van der Waals surface area contributed by atoms with E-state index in [9.17, 15) is 9.59 Å². The topological polar surface area (TPSA) is 60.2 Å². The quantitative estimate of drug-likeness (QED) is 0.654. The van der Waals surface area contributed by atoms with Gasteiger partial charge in [0.05, 0.1) is 5.02 Å². The maximum Gasteiger partial charge on any atom is 0.241 e. The first-order valence-corrected chi connectivity index (χ1v) is 4.73. The van der Waals surface area contributed by atoms with Crippen LogP contribution in [0.25, 0.3) is 0 Å². The van der Waals surface area contributed by atoms with Gasteiger partial charge in [-0.05, 0) is 24.3 Å². The minimum Gasteiger partial charge on any atom is -0.366 e. The Morgan fingerprint density at radius 1 is 1.20 bits per heavy atom. The van der Waals surface area contributed by atoms with Crippen LogP contribution in [0, 0.1) is 0 Å². The van der Waals surface area contributed by atoms with Crippen molar-refractivity contribution >= 4 is 34.9 Å². The van der Waals surface area contributed by atoms with Gasteiger partial charge in [0.2, 0.25) is 5.91 Å². The molecule has 1 aromatic carbocycles. The van der Waals surface area contributed by atoms with Gasteiger partial charge in [-0.3, -0.25) is 9.59 Å². The van der Waals surface area contributed by atoms with Crippen molar-refractivity contribution in [3.05, 3.63) is 46.0 Å². The molecule has 0 saturated carbocycles. The second-order valence-electron chi connectivity index (χ2n) is 2.72. The Labute approximate surface area is 96.5 Å². The summed E-state index contributed by atoms with van der Waals surface area (Å²) in [6.45, 7) is 0. The van der Waals surface area contributed by atoms with Gasteiger partial charge in [-0.2, -0.15) is 0 Å². The van der Waals surface area contributed by atoms with E-state index in [-0.39, 0.29) is 10.6 Å². The molecule has 1 rings (SSSR count). The van der Waals surface area contributed by atoms with Crippen LogP contribution >= 0.6 is 23.2 Å². The Morgan fingerprint density at radius 3 is 2.40 bits per heavy atom. The zero-order valence-electron chi connectivity index (χ0n) is 7.54. The molecule has 0 saturated heterocycles. The Hall–Kier alpha value is -1.32. The SMILES string of the molecule is NC(=O)/C=C/C(=O)c1ccc(Cl)cc1Cl. The average Bonchev–Trinajstić information content (AvgIpc) is 2.14. The van der Waals surface area contributed by atoms with Gasteiger partial charge >= 0.3 is 0 Å². The fraction of sp³-hybridized carbons (Fsp3) is 0. The number of halogens is 2. The van der Waals surface area contributed by atoms with E-state index in [0.717, 1.165) is 12.2 Å². The molecule has 0 aliphatic carbocycles. The molecular formula is C10H7Cl2NO2. The second-order valence-corrected chi connectivity index (χ2v) is 3.57. The molecule has 0 radical (unpaired) electrons. The first kappa shape index (κ1) is 11.8. The molecule has 0 heterocycles. The van der Waals surface area contributed by atoms with Crippen molar-refractivity contribution in [3.8, 4) is 0 Å². The molecule has 2 N–H and O–H groups in total. The number of ketones is 1. The van der Waals surface area contributed by atoms with Gasteiger partial charge in [0.15, 0.2) is 5.78 Å². The molecule has 15 heavy (non-hydrogen) atoms. The normalized spacial score (nSPS) is 10.5. The van der Waals surface area contributed by atoms with E-state index in [1.54, 1.807) is 6.07 Å². The molecule has 0 unspecified atom stereocenters. The molecule has 1 amide bonds. The van der Waals surface area contributed by atoms with Crippen LogP contribution in [0.5, 0.6) is 0 Å². The lowest BCUT2D eigenvalue weighted by Crippen LogP contribution is -2.07. The molecule has 1 aromatic rings. The molecule has 0 atom stereocenters. The van der Waals surface area contributed by atoms with Crippen LogP contribution in [-0.2, 0) is 4.79 Å². The zero-order valence-corrected chi connectivity index (χ0v) is 9.05. The van der Waals surface area contributed by atoms with E-state index < -0.39 is 11.7 Å². The molecule has 0 fully saturated rings. The largest absolute Gasteiger partial charge is 0.366 e. The molecule has 0 aliphatic rings. The van der Waals surface area contributed by atoms with Crippen molar-refractivity contribution in [1.29, 1.82) is 0 Å². The summed E-state index contributed by atoms with van der Waals surface area (Å²) in [6, 6.07) is 4.48. The lowest BCUT2D eigenvalue weighted by molar-refractivity contribution is -0.113. The highest BCUT2D eigenvalue weighted by Crippen LogP contribution is 2.21. The maximum atomic E-state index is 11.5. The van der Waals surface area contributed by atoms with E-state index in [4.69, 9.17) is 28.9 Å². The van der Waals surface area contributed by atoms with Crippen LogP contribution in [0.1, 0.15) is 10.4 Å². The summed E-state index contributed by atoms with van der Waals surface area (Å²) in [5.74, 6) is -1.08. The monoisotopic (exact) mass is 243 g/mol. The smallest absolute Gasteiger partial charge is 0.241 e. The van der Waals surface area contributed by atoms with Gasteiger partial charge in [-0.1, -0.05) is 23.2 Å². The van der Waals surface area contributed by atoms with Crippen LogP contribution in [0.3, 0.4) is 0 Å². The first-order valence-electron chi connectivity index (χ1n) is 3.97. The minimum atomic E-state index is -0.687. The zero-order chi connectivity index (χ0) is 11.4. The second kappa shape index (κ2) is 4.96. The molecule has 3 nitrogen and oxygen atoms in total. The van der Waals surface area contributed by atoms with Gasteiger partial charge in [0, 0.05) is 16.7 Å². The number of amides is 1. The molecule has 0 aliphatic heterocycles. The summed E-state index contributed by atoms with van der Waals surface area (Å²) in [7, 11) is 0. The third-order valence-electron chi connectivity index (χ3n) is 1.60. The lowest BCUT2D eigenvalue weighted by Gasteiger charge is -1.99. The number of primary amides is 1. The van der Waals surface area contributed by atoms with Crippen molar-refractivity contribution in [3.63, 3.8) is 0 Å². The summed E-state index contributed by atoms with van der Waals surface area (Å²) in [6.07, 6.45) is 2.05. The van der Waals surface area contributed by atoms with Crippen molar-refractivity contribution < 1.29 is 9.59 Å². The van der Waals surface area contributed by atoms with Gasteiger partial charge in [-0.25, -0.2) is 0 Å². The lowest BCUT2D eigenvalue weighted by atomic mass is 10.1. The van der Waals surface area contributed by atoms with Crippen molar-refractivity contribution in [1.82, 2.24) is 0 Å². The van der Waals surface area contributed by atoms with Gasteiger partial charge in [-0.15, -0.1) is 0 Å². The van der Waals surface area contributed by atoms with Crippen LogP contribution in [0.2, 0.25) is 10.0 Å². The molecule has 0 bridgehead atoms. The number of nitrogens with two attached hydrogens (primary N) is 1. The molecular weight excluding hydrogens is 237 g/mol. The van der Waals surface area contributed by atoms with Gasteiger partial charge in [0.1, 0.15) is 0 Å². The highest BCUT2D eigenvalue weighted by Gasteiger charge is 2.07. The Bertz CT molecular complexity index is 441. The number of rotatable bonds is 3. The van der Waals surface area contributed by atoms with Crippen LogP contribution in [0.4, 0.5) is 0 Å². The Kier molecular flexibility index (Phi) is 3.88. The van der Waals surface area contributed by atoms with Crippen LogP contribution < -0.4 is 5.73 Å². The fourth-order valence-electron chi connectivity index (χ4n) is 0.937. The van der Waals surface area contributed by atoms with E-state index in [0.29, 0.717) is 5.02 Å². The van der Waals surface area contributed by atoms with Gasteiger partial charge in [0.25, 0.3) is 0 Å². The standard InChI is InChI=1S/C10H7Cl2NO2/c11-6-1-2-7(8(12)5-6)9(14)3-4-10(13)15/h1-5H,(H2,13,15)/b4-3+. The Balaban J connectivity index is 2.97. The van der Waals surface area contributed by atoms with Crippen LogP contribution in [0.15, 0.2) is 30.4 Å². The van der Waals surface area contributed by atoms with Crippen LogP contribution in [-0.4, -0.2) is 11.7 Å². The predicted molar refractivity (Wildman–Crippen MR) is 59.1 cm³/mol. The molecule has 78 valence electrons. The highest BCUT2D eigenvalue weighted by atomic mass is 35.5. The average molecular weight is 244 g/mol. The summed E-state index contributed by atoms with van der Waals surface area (Å²) in [5.41, 5.74) is 5.13. The van der Waals surface area contributed by atoms with Gasteiger partial charge < -0.3 is 5.73 Å². The third-order valence-corrected chi connectivity index (χ3v) is 2.14. The number of benzene rings is 1. The highest BCUT2D eigenvalue weighted by molar-refractivity contribution is 6.37. The number of carbonyl (C=O) groups excluding carboxylic acids is 2. The number of carbonyl (C=O) groups is 2. The minimum absolute atomic E-state index is 0.238. The third kappa shape index (κ3) is 3.38. The Morgan fingerprint density at radius 2 is 1.87 bits per heavy atom. The van der Waals surface area contributed by atoms with E-state index in [1.165, 1.54) is 12.1 Å². The summed E-state index contributed by atoms with van der Waals surface area (Å²) in [4.78, 5) is 21.9.